The number of benzene rings is 3. The van der Waals surface area contributed by atoms with Gasteiger partial charge in [0.25, 0.3) is 15.9 Å². The van der Waals surface area contributed by atoms with Gasteiger partial charge >= 0.3 is 0 Å². The molecule has 0 spiro atoms. The SMILES string of the molecule is Cc1cc(S(=O)(=O)NC(=O)c2ccc(N3CCN(C[C@H]4CCC(C)(O)C[C@@H]4c4ccc(Cl)cc4)CC3)cc2Oc2cnc3[nH]ccc3c2)ccc1NCC1CCOCC1. The summed E-state index contributed by atoms with van der Waals surface area (Å²) in [6.07, 6.45) is 7.79. The van der Waals surface area contributed by atoms with E-state index >= 15 is 0 Å². The average Bonchev–Trinajstić information content (AvgIpc) is 3.70. The molecule has 1 amide bonds. The number of aryl methyl sites for hydroxylation is 1. The van der Waals surface area contributed by atoms with Gasteiger partial charge < -0.3 is 29.8 Å². The highest BCUT2D eigenvalue weighted by atomic mass is 35.5. The number of anilines is 2. The highest BCUT2D eigenvalue weighted by molar-refractivity contribution is 7.90. The number of nitrogens with one attached hydrogen (secondary N) is 3. The van der Waals surface area contributed by atoms with Crippen LogP contribution in [0.1, 0.15) is 66.4 Å². The molecule has 3 aromatic carbocycles. The predicted octanol–water partition coefficient (Wildman–Crippen LogP) is 7.73. The van der Waals surface area contributed by atoms with E-state index in [0.29, 0.717) is 28.3 Å². The summed E-state index contributed by atoms with van der Waals surface area (Å²) in [5, 5.41) is 16.0. The van der Waals surface area contributed by atoms with Crippen LogP contribution in [0.2, 0.25) is 5.02 Å². The van der Waals surface area contributed by atoms with E-state index in [1.165, 1.54) is 11.6 Å². The van der Waals surface area contributed by atoms with Gasteiger partial charge in [-0.15, -0.1) is 0 Å². The number of ether oxygens (including phenoxy) is 2. The van der Waals surface area contributed by atoms with Crippen molar-refractivity contribution in [1.82, 2.24) is 19.6 Å². The van der Waals surface area contributed by atoms with Crippen LogP contribution in [0.25, 0.3) is 11.0 Å². The molecule has 8 rings (SSSR count). The molecular formula is C45H53ClN6O6S. The summed E-state index contributed by atoms with van der Waals surface area (Å²) >= 11 is 6.22. The second-order valence-corrected chi connectivity index (χ2v) is 18.8. The zero-order valence-corrected chi connectivity index (χ0v) is 35.2. The van der Waals surface area contributed by atoms with E-state index in [0.717, 1.165) is 107 Å². The van der Waals surface area contributed by atoms with Gasteiger partial charge in [-0.3, -0.25) is 9.69 Å². The molecule has 2 aliphatic heterocycles. The summed E-state index contributed by atoms with van der Waals surface area (Å²) in [5.41, 5.74) is 3.79. The number of sulfonamides is 1. The molecule has 12 nitrogen and oxygen atoms in total. The molecule has 1 aliphatic carbocycles. The molecule has 4 heterocycles. The molecule has 3 aliphatic rings. The summed E-state index contributed by atoms with van der Waals surface area (Å²) in [6.45, 7) is 10.2. The fraction of sp³-hybridized carbons (Fsp3) is 0.422. The predicted molar refractivity (Wildman–Crippen MR) is 231 cm³/mol. The minimum atomic E-state index is -4.22. The molecule has 5 aromatic rings. The number of hydrogen-bond acceptors (Lipinski definition) is 10. The Balaban J connectivity index is 0.970. The Bertz CT molecular complexity index is 2370. The van der Waals surface area contributed by atoms with Crippen LogP contribution in [0.3, 0.4) is 0 Å². The first-order valence-corrected chi connectivity index (χ1v) is 22.4. The largest absolute Gasteiger partial charge is 0.455 e. The number of pyridine rings is 1. The number of rotatable bonds is 12. The van der Waals surface area contributed by atoms with Crippen LogP contribution in [0.4, 0.5) is 11.4 Å². The van der Waals surface area contributed by atoms with Crippen molar-refractivity contribution in [3.8, 4) is 11.5 Å². The lowest BCUT2D eigenvalue weighted by atomic mass is 9.69. The van der Waals surface area contributed by atoms with Gasteiger partial charge in [-0.1, -0.05) is 23.7 Å². The van der Waals surface area contributed by atoms with Gasteiger partial charge in [0.15, 0.2) is 0 Å². The maximum Gasteiger partial charge on any atom is 0.268 e. The second kappa shape index (κ2) is 17.5. The van der Waals surface area contributed by atoms with Crippen molar-refractivity contribution in [2.24, 2.45) is 11.8 Å². The van der Waals surface area contributed by atoms with Gasteiger partial charge in [0.2, 0.25) is 0 Å². The number of halogens is 1. The maximum absolute atomic E-state index is 13.9. The Kier molecular flexibility index (Phi) is 12.2. The molecule has 4 N–H and O–H groups in total. The quantitative estimate of drug-likeness (QED) is 0.0984. The maximum atomic E-state index is 13.9. The molecule has 59 heavy (non-hydrogen) atoms. The highest BCUT2D eigenvalue weighted by Gasteiger charge is 2.38. The molecule has 2 aromatic heterocycles. The molecule has 1 unspecified atom stereocenters. The van der Waals surface area contributed by atoms with Crippen molar-refractivity contribution in [3.05, 3.63) is 107 Å². The standard InChI is InChI=1S/C45H53ClN6O6S/c1-30-23-38(8-10-41(30)48-27-31-13-21-57-22-14-31)59(55,56)50-44(53)39-9-7-36(25-42(39)58-37-24-33-12-16-47-43(33)49-28-37)52-19-17-51(18-20-52)29-34-11-15-45(2,54)26-40(34)32-3-5-35(46)6-4-32/h3-10,12,16,23-25,28,31,34,40,48,54H,11,13-15,17-22,26-27,29H2,1-2H3,(H,47,49)(H,50,53)/t34-,40-,45?/m1/s1. The summed E-state index contributed by atoms with van der Waals surface area (Å²) in [6, 6.07) is 21.9. The number of aliphatic hydroxyl groups is 1. The topological polar surface area (TPSA) is 149 Å². The van der Waals surface area contributed by atoms with Crippen molar-refractivity contribution >= 4 is 49.9 Å². The first-order valence-electron chi connectivity index (χ1n) is 20.6. The van der Waals surface area contributed by atoms with Crippen molar-refractivity contribution in [1.29, 1.82) is 0 Å². The first kappa shape index (κ1) is 41.1. The van der Waals surface area contributed by atoms with Gasteiger partial charge in [-0.2, -0.15) is 0 Å². The van der Waals surface area contributed by atoms with Crippen molar-refractivity contribution in [2.45, 2.75) is 62.4 Å². The number of aromatic nitrogens is 2. The number of carbonyl (C=O) groups excluding carboxylic acids is 1. The Morgan fingerprint density at radius 2 is 1.80 bits per heavy atom. The van der Waals surface area contributed by atoms with E-state index < -0.39 is 21.5 Å². The van der Waals surface area contributed by atoms with Gasteiger partial charge in [-0.25, -0.2) is 18.1 Å². The van der Waals surface area contributed by atoms with E-state index in [1.807, 2.05) is 44.2 Å². The third kappa shape index (κ3) is 9.87. The number of hydrogen-bond donors (Lipinski definition) is 4. The fourth-order valence-corrected chi connectivity index (χ4v) is 9.98. The molecule has 3 fully saturated rings. The van der Waals surface area contributed by atoms with Crippen LogP contribution in [0, 0.1) is 18.8 Å². The van der Waals surface area contributed by atoms with Crippen molar-refractivity contribution in [3.63, 3.8) is 0 Å². The number of piperazine rings is 1. The third-order valence-corrected chi connectivity index (χ3v) is 13.9. The van der Waals surface area contributed by atoms with E-state index in [-0.39, 0.29) is 22.1 Å². The third-order valence-electron chi connectivity index (χ3n) is 12.3. The minimum Gasteiger partial charge on any atom is -0.455 e. The summed E-state index contributed by atoms with van der Waals surface area (Å²) in [5.74, 6) is 0.983. The van der Waals surface area contributed by atoms with Crippen LogP contribution >= 0.6 is 11.6 Å². The van der Waals surface area contributed by atoms with Crippen molar-refractivity contribution < 1.29 is 27.8 Å². The molecule has 1 saturated carbocycles. The van der Waals surface area contributed by atoms with E-state index in [1.54, 1.807) is 36.7 Å². The van der Waals surface area contributed by atoms with Crippen LogP contribution in [0.5, 0.6) is 11.5 Å². The van der Waals surface area contributed by atoms with Gasteiger partial charge in [0.1, 0.15) is 17.1 Å². The monoisotopic (exact) mass is 840 g/mol. The number of nitrogens with zero attached hydrogens (tertiary/aromatic N) is 3. The Morgan fingerprint density at radius 1 is 1.02 bits per heavy atom. The smallest absolute Gasteiger partial charge is 0.268 e. The molecule has 0 bridgehead atoms. The van der Waals surface area contributed by atoms with E-state index in [9.17, 15) is 18.3 Å². The van der Waals surface area contributed by atoms with Gasteiger partial charge in [-0.05, 0) is 129 Å². The molecule has 2 saturated heterocycles. The number of aromatic amines is 1. The van der Waals surface area contributed by atoms with Gasteiger partial charge in [0, 0.05) is 86.5 Å². The van der Waals surface area contributed by atoms with Crippen LogP contribution in [-0.4, -0.2) is 92.4 Å². The average molecular weight is 841 g/mol. The number of amides is 1. The van der Waals surface area contributed by atoms with E-state index in [2.05, 4.69) is 41.9 Å². The number of H-pyrrole nitrogens is 1. The summed E-state index contributed by atoms with van der Waals surface area (Å²) in [7, 11) is -4.22. The lowest BCUT2D eigenvalue weighted by Crippen LogP contribution is -2.49. The van der Waals surface area contributed by atoms with Gasteiger partial charge in [0.05, 0.1) is 22.3 Å². The Hall–Kier alpha value is -4.66. The molecule has 14 heteroatoms. The Morgan fingerprint density at radius 3 is 2.56 bits per heavy atom. The fourth-order valence-electron chi connectivity index (χ4n) is 8.80. The number of fused-ring (bicyclic) bond motifs is 1. The van der Waals surface area contributed by atoms with E-state index in [4.69, 9.17) is 21.1 Å². The molecule has 312 valence electrons. The van der Waals surface area contributed by atoms with Crippen LogP contribution < -0.4 is 19.7 Å². The normalized spacial score (nSPS) is 22.0. The highest BCUT2D eigenvalue weighted by Crippen LogP contribution is 2.43. The minimum absolute atomic E-state index is 0.00266. The Labute approximate surface area is 351 Å². The molecule has 3 atom stereocenters. The lowest BCUT2D eigenvalue weighted by Gasteiger charge is -2.44. The van der Waals surface area contributed by atoms with Crippen LogP contribution in [-0.2, 0) is 14.8 Å². The summed E-state index contributed by atoms with van der Waals surface area (Å²) < 4.78 is 41.4. The first-order chi connectivity index (χ1) is 28.4. The zero-order chi connectivity index (χ0) is 41.1. The zero-order valence-electron chi connectivity index (χ0n) is 33.6. The van der Waals surface area contributed by atoms with Crippen LogP contribution in [0.15, 0.2) is 90.1 Å². The number of carbonyl (C=O) groups is 1. The second-order valence-electron chi connectivity index (χ2n) is 16.7. The lowest BCUT2D eigenvalue weighted by molar-refractivity contribution is -0.00848. The van der Waals surface area contributed by atoms with Crippen molar-refractivity contribution in [2.75, 3.05) is 62.7 Å². The molecule has 0 radical (unpaired) electrons. The molecular weight excluding hydrogens is 788 g/mol. The summed E-state index contributed by atoms with van der Waals surface area (Å²) in [4.78, 5) is 26.2.